The number of carbonyl (C=O) groups excluding carboxylic acids is 1. The highest BCUT2D eigenvalue weighted by molar-refractivity contribution is 9.10. The third kappa shape index (κ3) is 3.29. The maximum Gasteiger partial charge on any atom is 0.271 e. The van der Waals surface area contributed by atoms with E-state index in [-0.39, 0.29) is 11.9 Å². The number of benzene rings is 1. The van der Waals surface area contributed by atoms with E-state index in [2.05, 4.69) is 43.3 Å². The second kappa shape index (κ2) is 6.35. The summed E-state index contributed by atoms with van der Waals surface area (Å²) in [6, 6.07) is 8.18. The third-order valence-electron chi connectivity index (χ3n) is 3.93. The van der Waals surface area contributed by atoms with Crippen LogP contribution in [0.4, 0.5) is 0 Å². The number of hydrogen-bond acceptors (Lipinski definition) is 3. The van der Waals surface area contributed by atoms with Gasteiger partial charge in [-0.2, -0.15) is 0 Å². The summed E-state index contributed by atoms with van der Waals surface area (Å²) in [4.78, 5) is 20.3. The Balaban J connectivity index is 1.80. The van der Waals surface area contributed by atoms with E-state index in [1.54, 1.807) is 6.20 Å². The number of nitrogens with one attached hydrogen (secondary N) is 1. The first kappa shape index (κ1) is 14.2. The van der Waals surface area contributed by atoms with Crippen LogP contribution in [0.5, 0.6) is 0 Å². The van der Waals surface area contributed by atoms with Gasteiger partial charge in [0.25, 0.3) is 5.91 Å². The molecule has 4 nitrogen and oxygen atoms in total. The van der Waals surface area contributed by atoms with E-state index in [1.807, 2.05) is 12.1 Å². The molecule has 1 aliphatic rings. The van der Waals surface area contributed by atoms with E-state index in [0.29, 0.717) is 11.6 Å². The van der Waals surface area contributed by atoms with Gasteiger partial charge in [0.1, 0.15) is 5.69 Å². The van der Waals surface area contributed by atoms with Gasteiger partial charge in [-0.1, -0.05) is 34.5 Å². The molecule has 108 valence electrons. The molecule has 1 fully saturated rings. The van der Waals surface area contributed by atoms with Crippen molar-refractivity contribution >= 4 is 21.8 Å². The molecule has 1 aromatic carbocycles. The van der Waals surface area contributed by atoms with Crippen LogP contribution in [0.2, 0.25) is 0 Å². The van der Waals surface area contributed by atoms with Crippen molar-refractivity contribution in [2.75, 3.05) is 0 Å². The number of rotatable bonds is 4. The predicted octanol–water partition coefficient (Wildman–Crippen LogP) is 3.51. The van der Waals surface area contributed by atoms with Crippen LogP contribution in [-0.4, -0.2) is 15.9 Å². The molecule has 1 aliphatic carbocycles. The van der Waals surface area contributed by atoms with Crippen molar-refractivity contribution in [1.29, 1.82) is 0 Å². The van der Waals surface area contributed by atoms with Crippen LogP contribution in [0.15, 0.2) is 47.3 Å². The molecule has 1 N–H and O–H groups in total. The summed E-state index contributed by atoms with van der Waals surface area (Å²) in [7, 11) is 0. The summed E-state index contributed by atoms with van der Waals surface area (Å²) < 4.78 is 1.04. The second-order valence-electron chi connectivity index (χ2n) is 5.28. The molecule has 1 amide bonds. The molecule has 3 rings (SSSR count). The number of hydrogen-bond donors (Lipinski definition) is 1. The zero-order valence-electron chi connectivity index (χ0n) is 11.5. The topological polar surface area (TPSA) is 54.9 Å². The van der Waals surface area contributed by atoms with Crippen molar-refractivity contribution < 1.29 is 4.79 Å². The van der Waals surface area contributed by atoms with Crippen LogP contribution in [0.25, 0.3) is 0 Å². The average Bonchev–Trinajstić information content (AvgIpc) is 2.46. The van der Waals surface area contributed by atoms with Crippen LogP contribution < -0.4 is 5.32 Å². The Labute approximate surface area is 132 Å². The lowest BCUT2D eigenvalue weighted by Crippen LogP contribution is -2.36. The van der Waals surface area contributed by atoms with Crippen molar-refractivity contribution in [2.45, 2.75) is 25.3 Å². The SMILES string of the molecule is O=C(NC(c1ccc(Br)cc1)C1CCC1)c1cnccn1. The zero-order valence-corrected chi connectivity index (χ0v) is 13.1. The standard InChI is InChI=1S/C16H16BrN3O/c17-13-6-4-12(5-7-13)15(11-2-1-3-11)20-16(21)14-10-18-8-9-19-14/h4-11,15H,1-3H2,(H,20,21). The lowest BCUT2D eigenvalue weighted by atomic mass is 9.77. The molecule has 1 aromatic heterocycles. The molecule has 1 unspecified atom stereocenters. The summed E-state index contributed by atoms with van der Waals surface area (Å²) in [6.07, 6.45) is 8.14. The van der Waals surface area contributed by atoms with Crippen LogP contribution in [0.3, 0.4) is 0 Å². The summed E-state index contributed by atoms with van der Waals surface area (Å²) in [6.45, 7) is 0. The van der Waals surface area contributed by atoms with E-state index in [0.717, 1.165) is 22.9 Å². The fraction of sp³-hybridized carbons (Fsp3) is 0.312. The Kier molecular flexibility index (Phi) is 4.29. The largest absolute Gasteiger partial charge is 0.344 e. The maximum atomic E-state index is 12.3. The molecular weight excluding hydrogens is 330 g/mol. The second-order valence-corrected chi connectivity index (χ2v) is 6.20. The molecule has 0 bridgehead atoms. The Morgan fingerprint density at radius 2 is 2.00 bits per heavy atom. The number of nitrogens with zero attached hydrogens (tertiary/aromatic N) is 2. The molecule has 0 spiro atoms. The lowest BCUT2D eigenvalue weighted by Gasteiger charge is -2.34. The van der Waals surface area contributed by atoms with Crippen LogP contribution in [-0.2, 0) is 0 Å². The van der Waals surface area contributed by atoms with Gasteiger partial charge in [-0.15, -0.1) is 0 Å². The average molecular weight is 346 g/mol. The van der Waals surface area contributed by atoms with Crippen molar-refractivity contribution in [1.82, 2.24) is 15.3 Å². The summed E-state index contributed by atoms with van der Waals surface area (Å²) in [5, 5.41) is 3.11. The van der Waals surface area contributed by atoms with Gasteiger partial charge in [0.15, 0.2) is 0 Å². The minimum Gasteiger partial charge on any atom is -0.344 e. The third-order valence-corrected chi connectivity index (χ3v) is 4.46. The minimum atomic E-state index is -0.164. The monoisotopic (exact) mass is 345 g/mol. The van der Waals surface area contributed by atoms with E-state index in [9.17, 15) is 4.79 Å². The highest BCUT2D eigenvalue weighted by Gasteiger charge is 2.30. The first-order chi connectivity index (χ1) is 10.2. The van der Waals surface area contributed by atoms with Gasteiger partial charge >= 0.3 is 0 Å². The molecule has 0 saturated heterocycles. The van der Waals surface area contributed by atoms with E-state index < -0.39 is 0 Å². The number of amides is 1. The molecule has 1 saturated carbocycles. The molecule has 1 atom stereocenters. The van der Waals surface area contributed by atoms with Crippen molar-refractivity contribution in [3.63, 3.8) is 0 Å². The molecular formula is C16H16BrN3O. The smallest absolute Gasteiger partial charge is 0.271 e. The Bertz CT molecular complexity index is 611. The van der Waals surface area contributed by atoms with Gasteiger partial charge in [-0.3, -0.25) is 9.78 Å². The minimum absolute atomic E-state index is 0.0429. The summed E-state index contributed by atoms with van der Waals surface area (Å²) >= 11 is 3.44. The highest BCUT2D eigenvalue weighted by atomic mass is 79.9. The van der Waals surface area contributed by atoms with Crippen molar-refractivity contribution in [3.8, 4) is 0 Å². The van der Waals surface area contributed by atoms with Crippen LogP contribution in [0, 0.1) is 5.92 Å². The van der Waals surface area contributed by atoms with Crippen LogP contribution >= 0.6 is 15.9 Å². The van der Waals surface area contributed by atoms with Gasteiger partial charge in [-0.25, -0.2) is 4.98 Å². The van der Waals surface area contributed by atoms with Crippen molar-refractivity contribution in [3.05, 3.63) is 58.6 Å². The first-order valence-electron chi connectivity index (χ1n) is 7.06. The quantitative estimate of drug-likeness (QED) is 0.922. The normalized spacial score (nSPS) is 16.0. The molecule has 2 aromatic rings. The van der Waals surface area contributed by atoms with Crippen LogP contribution in [0.1, 0.15) is 41.4 Å². The lowest BCUT2D eigenvalue weighted by molar-refractivity contribution is 0.0895. The number of carbonyl (C=O) groups is 1. The number of halogens is 1. The Morgan fingerprint density at radius 1 is 1.24 bits per heavy atom. The van der Waals surface area contributed by atoms with E-state index in [4.69, 9.17) is 0 Å². The maximum absolute atomic E-state index is 12.3. The summed E-state index contributed by atoms with van der Waals surface area (Å²) in [5.74, 6) is 0.342. The summed E-state index contributed by atoms with van der Waals surface area (Å²) in [5.41, 5.74) is 1.50. The van der Waals surface area contributed by atoms with Gasteiger partial charge < -0.3 is 5.32 Å². The predicted molar refractivity (Wildman–Crippen MR) is 83.7 cm³/mol. The van der Waals surface area contributed by atoms with E-state index in [1.165, 1.54) is 18.8 Å². The molecule has 0 aliphatic heterocycles. The van der Waals surface area contributed by atoms with Gasteiger partial charge in [0.05, 0.1) is 12.2 Å². The van der Waals surface area contributed by atoms with Gasteiger partial charge in [0, 0.05) is 16.9 Å². The van der Waals surface area contributed by atoms with Crippen molar-refractivity contribution in [2.24, 2.45) is 5.92 Å². The Hall–Kier alpha value is -1.75. The number of aromatic nitrogens is 2. The van der Waals surface area contributed by atoms with Gasteiger partial charge in [-0.05, 0) is 36.5 Å². The highest BCUT2D eigenvalue weighted by Crippen LogP contribution is 2.38. The molecule has 1 heterocycles. The molecule has 5 heteroatoms. The van der Waals surface area contributed by atoms with Gasteiger partial charge in [0.2, 0.25) is 0 Å². The fourth-order valence-corrected chi connectivity index (χ4v) is 2.81. The molecule has 21 heavy (non-hydrogen) atoms. The molecule has 0 radical (unpaired) electrons. The zero-order chi connectivity index (χ0) is 14.7. The first-order valence-corrected chi connectivity index (χ1v) is 7.85. The van der Waals surface area contributed by atoms with E-state index >= 15 is 0 Å². The fourth-order valence-electron chi connectivity index (χ4n) is 2.55. The Morgan fingerprint density at radius 3 is 2.57 bits per heavy atom.